The lowest BCUT2D eigenvalue weighted by molar-refractivity contribution is -0.136. The number of pyridine rings is 1. The number of hydrogen-bond acceptors (Lipinski definition) is 2. The van der Waals surface area contributed by atoms with E-state index in [1.165, 1.54) is 6.92 Å². The molecule has 0 radical (unpaired) electrons. The Bertz CT molecular complexity index is 707. The van der Waals surface area contributed by atoms with Gasteiger partial charge in [-0.2, -0.15) is 0 Å². The van der Waals surface area contributed by atoms with Crippen LogP contribution < -0.4 is 5.43 Å². The number of hydrogen-bond donors (Lipinski definition) is 2. The number of aliphatic carboxylic acids is 1. The second-order valence-corrected chi connectivity index (χ2v) is 3.94. The zero-order valence-electron chi connectivity index (χ0n) is 9.38. The van der Waals surface area contributed by atoms with Gasteiger partial charge in [-0.05, 0) is 13.0 Å². The SMILES string of the molecule is Cc1[nH]c2c(F)cc(F)cc2c(=O)c1CC(=O)O. The van der Waals surface area contributed by atoms with E-state index in [0.717, 1.165) is 6.07 Å². The van der Waals surface area contributed by atoms with Gasteiger partial charge in [0, 0.05) is 17.3 Å². The second kappa shape index (κ2) is 4.21. The van der Waals surface area contributed by atoms with Crippen LogP contribution in [0.5, 0.6) is 0 Å². The number of H-pyrrole nitrogens is 1. The lowest BCUT2D eigenvalue weighted by Gasteiger charge is -2.07. The molecule has 1 aromatic heterocycles. The van der Waals surface area contributed by atoms with Gasteiger partial charge in [-0.1, -0.05) is 0 Å². The van der Waals surface area contributed by atoms with Gasteiger partial charge in [0.25, 0.3) is 0 Å². The highest BCUT2D eigenvalue weighted by Crippen LogP contribution is 2.17. The number of rotatable bonds is 2. The van der Waals surface area contributed by atoms with Gasteiger partial charge in [-0.3, -0.25) is 9.59 Å². The van der Waals surface area contributed by atoms with Crippen LogP contribution in [-0.2, 0) is 11.2 Å². The highest BCUT2D eigenvalue weighted by Gasteiger charge is 2.15. The molecule has 0 saturated heterocycles. The van der Waals surface area contributed by atoms with Crippen LogP contribution in [0.15, 0.2) is 16.9 Å². The fourth-order valence-electron chi connectivity index (χ4n) is 1.84. The molecular formula is C12H9F2NO3. The molecule has 2 aromatic rings. The molecule has 0 unspecified atom stereocenters. The predicted molar refractivity (Wildman–Crippen MR) is 60.6 cm³/mol. The average Bonchev–Trinajstić information content (AvgIpc) is 2.26. The molecule has 0 bridgehead atoms. The highest BCUT2D eigenvalue weighted by atomic mass is 19.1. The fourth-order valence-corrected chi connectivity index (χ4v) is 1.84. The van der Waals surface area contributed by atoms with Crippen LogP contribution in [0.1, 0.15) is 11.3 Å². The van der Waals surface area contributed by atoms with Crippen molar-refractivity contribution in [2.45, 2.75) is 13.3 Å². The third kappa shape index (κ3) is 1.97. The van der Waals surface area contributed by atoms with E-state index in [4.69, 9.17) is 5.11 Å². The first kappa shape index (κ1) is 12.2. The van der Waals surface area contributed by atoms with Crippen molar-refractivity contribution >= 4 is 16.9 Å². The van der Waals surface area contributed by atoms with Gasteiger partial charge < -0.3 is 10.1 Å². The molecule has 1 aromatic carbocycles. The summed E-state index contributed by atoms with van der Waals surface area (Å²) in [5.74, 6) is -2.94. The summed E-state index contributed by atoms with van der Waals surface area (Å²) in [6.45, 7) is 1.47. The summed E-state index contributed by atoms with van der Waals surface area (Å²) in [4.78, 5) is 25.2. The van der Waals surface area contributed by atoms with Crippen molar-refractivity contribution < 1.29 is 18.7 Å². The van der Waals surface area contributed by atoms with Crippen LogP contribution in [0, 0.1) is 18.6 Å². The molecule has 1 heterocycles. The Morgan fingerprint density at radius 3 is 2.67 bits per heavy atom. The molecule has 0 aliphatic carbocycles. The third-order valence-corrected chi connectivity index (χ3v) is 2.67. The van der Waals surface area contributed by atoms with Crippen molar-refractivity contribution in [1.29, 1.82) is 0 Å². The standard InChI is InChI=1S/C12H9F2NO3/c1-5-7(4-10(16)17)12(18)8-2-6(13)3-9(14)11(8)15-5/h2-3H,4H2,1H3,(H,15,18)(H,16,17). The maximum absolute atomic E-state index is 13.5. The van der Waals surface area contributed by atoms with Gasteiger partial charge >= 0.3 is 5.97 Å². The second-order valence-electron chi connectivity index (χ2n) is 3.94. The van der Waals surface area contributed by atoms with Gasteiger partial charge in [-0.15, -0.1) is 0 Å². The average molecular weight is 253 g/mol. The van der Waals surface area contributed by atoms with Crippen LogP contribution in [0.25, 0.3) is 10.9 Å². The summed E-state index contributed by atoms with van der Waals surface area (Å²) in [5.41, 5.74) is -0.518. The number of aromatic amines is 1. The van der Waals surface area contributed by atoms with Crippen molar-refractivity contribution in [3.05, 3.63) is 45.2 Å². The number of aromatic nitrogens is 1. The predicted octanol–water partition coefficient (Wildman–Crippen LogP) is 1.74. The molecule has 18 heavy (non-hydrogen) atoms. The molecule has 2 rings (SSSR count). The first-order chi connectivity index (χ1) is 8.40. The summed E-state index contributed by atoms with van der Waals surface area (Å²) >= 11 is 0. The van der Waals surface area contributed by atoms with E-state index in [1.54, 1.807) is 0 Å². The maximum atomic E-state index is 13.5. The molecule has 0 fully saturated rings. The Morgan fingerprint density at radius 1 is 1.39 bits per heavy atom. The van der Waals surface area contributed by atoms with Crippen LogP contribution in [0.2, 0.25) is 0 Å². The quantitative estimate of drug-likeness (QED) is 0.856. The number of benzene rings is 1. The van der Waals surface area contributed by atoms with Gasteiger partial charge in [0.1, 0.15) is 11.6 Å². The number of nitrogens with one attached hydrogen (secondary N) is 1. The molecule has 94 valence electrons. The maximum Gasteiger partial charge on any atom is 0.308 e. The molecule has 2 N–H and O–H groups in total. The lowest BCUT2D eigenvalue weighted by Crippen LogP contribution is -2.17. The molecular weight excluding hydrogens is 244 g/mol. The third-order valence-electron chi connectivity index (χ3n) is 2.67. The molecule has 6 heteroatoms. The summed E-state index contributed by atoms with van der Waals surface area (Å²) in [6.07, 6.45) is -0.491. The van der Waals surface area contributed by atoms with Crippen LogP contribution in [0.4, 0.5) is 8.78 Å². The largest absolute Gasteiger partial charge is 0.481 e. The van der Waals surface area contributed by atoms with Crippen molar-refractivity contribution in [2.75, 3.05) is 0 Å². The minimum absolute atomic E-state index is 0.000000000000000444. The van der Waals surface area contributed by atoms with E-state index in [2.05, 4.69) is 4.98 Å². The first-order valence-corrected chi connectivity index (χ1v) is 5.12. The van der Waals surface area contributed by atoms with Gasteiger partial charge in [0.2, 0.25) is 0 Å². The van der Waals surface area contributed by atoms with Crippen molar-refractivity contribution in [3.8, 4) is 0 Å². The normalized spacial score (nSPS) is 10.8. The van der Waals surface area contributed by atoms with E-state index >= 15 is 0 Å². The number of carbonyl (C=O) groups is 1. The van der Waals surface area contributed by atoms with Gasteiger partial charge in [-0.25, -0.2) is 8.78 Å². The summed E-state index contributed by atoms with van der Waals surface area (Å²) in [6, 6.07) is 1.55. The monoisotopic (exact) mass is 253 g/mol. The van der Waals surface area contributed by atoms with E-state index in [-0.39, 0.29) is 22.2 Å². The molecule has 0 amide bonds. The number of halogens is 2. The van der Waals surface area contributed by atoms with Crippen LogP contribution >= 0.6 is 0 Å². The Balaban J connectivity index is 2.85. The molecule has 0 atom stereocenters. The van der Waals surface area contributed by atoms with Gasteiger partial charge in [0.15, 0.2) is 5.43 Å². The molecule has 0 aliphatic rings. The molecule has 0 saturated carbocycles. The number of carboxylic acid groups (broad SMARTS) is 1. The Hall–Kier alpha value is -2.24. The smallest absolute Gasteiger partial charge is 0.308 e. The number of aryl methyl sites for hydroxylation is 1. The Labute approximate surface area is 99.9 Å². The van der Waals surface area contributed by atoms with Crippen LogP contribution in [0.3, 0.4) is 0 Å². The van der Waals surface area contributed by atoms with E-state index in [1.807, 2.05) is 0 Å². The molecule has 0 spiro atoms. The zero-order valence-corrected chi connectivity index (χ0v) is 9.38. The van der Waals surface area contributed by atoms with Crippen LogP contribution in [-0.4, -0.2) is 16.1 Å². The summed E-state index contributed by atoms with van der Waals surface area (Å²) in [5, 5.41) is 8.51. The first-order valence-electron chi connectivity index (χ1n) is 5.12. The molecule has 4 nitrogen and oxygen atoms in total. The summed E-state index contributed by atoms with van der Waals surface area (Å²) < 4.78 is 26.5. The van der Waals surface area contributed by atoms with Gasteiger partial charge in [0.05, 0.1) is 17.3 Å². The highest BCUT2D eigenvalue weighted by molar-refractivity contribution is 5.81. The van der Waals surface area contributed by atoms with Crippen molar-refractivity contribution in [2.24, 2.45) is 0 Å². The number of fused-ring (bicyclic) bond motifs is 1. The fraction of sp³-hybridized carbons (Fsp3) is 0.167. The van der Waals surface area contributed by atoms with Crippen molar-refractivity contribution in [1.82, 2.24) is 4.98 Å². The minimum Gasteiger partial charge on any atom is -0.481 e. The Kier molecular flexibility index (Phi) is 2.86. The minimum atomic E-state index is -1.18. The summed E-state index contributed by atoms with van der Waals surface area (Å²) in [7, 11) is 0. The van der Waals surface area contributed by atoms with E-state index in [9.17, 15) is 18.4 Å². The zero-order chi connectivity index (χ0) is 13.4. The number of carboxylic acids is 1. The molecule has 0 aliphatic heterocycles. The lowest BCUT2D eigenvalue weighted by atomic mass is 10.1. The van der Waals surface area contributed by atoms with E-state index < -0.39 is 29.5 Å². The van der Waals surface area contributed by atoms with Crippen molar-refractivity contribution in [3.63, 3.8) is 0 Å². The Morgan fingerprint density at radius 2 is 2.06 bits per heavy atom. The topological polar surface area (TPSA) is 70.2 Å². The van der Waals surface area contributed by atoms with E-state index in [0.29, 0.717) is 6.07 Å².